The number of carbonyl (C=O) groups is 1. The monoisotopic (exact) mass is 247 g/mol. The van der Waals surface area contributed by atoms with E-state index in [0.29, 0.717) is 23.8 Å². The minimum absolute atomic E-state index is 0.0821. The van der Waals surface area contributed by atoms with Gasteiger partial charge in [0, 0.05) is 12.7 Å². The van der Waals surface area contributed by atoms with Crippen molar-refractivity contribution in [3.05, 3.63) is 17.8 Å². The summed E-state index contributed by atoms with van der Waals surface area (Å²) in [5.74, 6) is 0.625. The van der Waals surface area contributed by atoms with Gasteiger partial charge in [0.05, 0.1) is 17.8 Å². The first kappa shape index (κ1) is 13.8. The van der Waals surface area contributed by atoms with Crippen molar-refractivity contribution in [1.82, 2.24) is 10.3 Å². The van der Waals surface area contributed by atoms with Crippen LogP contribution in [0.1, 0.15) is 19.4 Å². The highest BCUT2D eigenvalue weighted by atomic mass is 16.1. The van der Waals surface area contributed by atoms with Gasteiger partial charge in [-0.2, -0.15) is 5.26 Å². The molecule has 1 rings (SSSR count). The smallest absolute Gasteiger partial charge is 0.239 e. The summed E-state index contributed by atoms with van der Waals surface area (Å²) in [6.45, 7) is 4.74. The van der Waals surface area contributed by atoms with Crippen molar-refractivity contribution in [3.63, 3.8) is 0 Å². The number of nitrogens with one attached hydrogen (secondary N) is 2. The predicted octanol–water partition coefficient (Wildman–Crippen LogP) is 0.720. The summed E-state index contributed by atoms with van der Waals surface area (Å²) in [4.78, 5) is 15.5. The van der Waals surface area contributed by atoms with Gasteiger partial charge in [-0.3, -0.25) is 4.79 Å². The van der Waals surface area contributed by atoms with Crippen LogP contribution in [0.4, 0.5) is 11.5 Å². The predicted molar refractivity (Wildman–Crippen MR) is 69.7 cm³/mol. The quantitative estimate of drug-likeness (QED) is 0.711. The summed E-state index contributed by atoms with van der Waals surface area (Å²) in [5.41, 5.74) is 6.33. The van der Waals surface area contributed by atoms with Gasteiger partial charge in [-0.15, -0.1) is 0 Å². The second-order valence-electron chi connectivity index (χ2n) is 4.28. The molecular formula is C12H17N5O. The maximum Gasteiger partial charge on any atom is 0.239 e. The number of nitrogens with two attached hydrogens (primary N) is 1. The number of amides is 1. The Labute approximate surface area is 106 Å². The third-order valence-corrected chi connectivity index (χ3v) is 2.23. The second kappa shape index (κ2) is 6.45. The third kappa shape index (κ3) is 3.94. The van der Waals surface area contributed by atoms with Crippen molar-refractivity contribution < 1.29 is 4.79 Å². The highest BCUT2D eigenvalue weighted by molar-refractivity contribution is 5.82. The zero-order valence-corrected chi connectivity index (χ0v) is 10.5. The van der Waals surface area contributed by atoms with Gasteiger partial charge < -0.3 is 16.4 Å². The van der Waals surface area contributed by atoms with E-state index in [4.69, 9.17) is 11.0 Å². The van der Waals surface area contributed by atoms with Gasteiger partial charge in [-0.05, 0) is 12.0 Å². The fourth-order valence-corrected chi connectivity index (χ4v) is 1.26. The maximum absolute atomic E-state index is 11.5. The molecule has 0 aliphatic carbocycles. The summed E-state index contributed by atoms with van der Waals surface area (Å²) in [5, 5.41) is 14.4. The van der Waals surface area contributed by atoms with E-state index in [-0.39, 0.29) is 18.1 Å². The van der Waals surface area contributed by atoms with Gasteiger partial charge in [-0.1, -0.05) is 13.8 Å². The molecule has 0 unspecified atom stereocenters. The molecule has 0 radical (unpaired) electrons. The molecule has 1 aromatic rings. The van der Waals surface area contributed by atoms with Crippen LogP contribution in [0.3, 0.4) is 0 Å². The minimum atomic E-state index is -0.132. The second-order valence-corrected chi connectivity index (χ2v) is 4.28. The minimum Gasteiger partial charge on any atom is -0.395 e. The molecule has 1 aromatic heterocycles. The Morgan fingerprint density at radius 1 is 1.61 bits per heavy atom. The fraction of sp³-hybridized carbons (Fsp3) is 0.417. The van der Waals surface area contributed by atoms with E-state index in [1.54, 1.807) is 0 Å². The lowest BCUT2D eigenvalue weighted by molar-refractivity contribution is -0.119. The molecule has 0 atom stereocenters. The first-order chi connectivity index (χ1) is 8.54. The van der Waals surface area contributed by atoms with Crippen LogP contribution in [0, 0.1) is 17.2 Å². The molecule has 0 aliphatic rings. The highest BCUT2D eigenvalue weighted by Crippen LogP contribution is 2.18. The molecule has 0 saturated carbocycles. The third-order valence-electron chi connectivity index (χ3n) is 2.23. The van der Waals surface area contributed by atoms with E-state index < -0.39 is 0 Å². The lowest BCUT2D eigenvalue weighted by Gasteiger charge is -2.10. The molecular weight excluding hydrogens is 230 g/mol. The molecule has 6 heteroatoms. The average molecular weight is 247 g/mol. The van der Waals surface area contributed by atoms with Crippen molar-refractivity contribution >= 4 is 17.4 Å². The Hall–Kier alpha value is -2.29. The lowest BCUT2D eigenvalue weighted by Crippen LogP contribution is -2.32. The molecule has 0 bridgehead atoms. The van der Waals surface area contributed by atoms with Crippen LogP contribution in [0.25, 0.3) is 0 Å². The molecule has 0 saturated heterocycles. The summed E-state index contributed by atoms with van der Waals surface area (Å²) in [7, 11) is 0. The molecule has 18 heavy (non-hydrogen) atoms. The number of pyridine rings is 1. The Morgan fingerprint density at radius 2 is 2.33 bits per heavy atom. The Balaban J connectivity index is 2.54. The van der Waals surface area contributed by atoms with Gasteiger partial charge in [0.2, 0.25) is 5.91 Å². The normalized spacial score (nSPS) is 9.89. The van der Waals surface area contributed by atoms with Crippen molar-refractivity contribution in [2.24, 2.45) is 5.92 Å². The number of hydrogen-bond donors (Lipinski definition) is 3. The van der Waals surface area contributed by atoms with Crippen LogP contribution in [0.2, 0.25) is 0 Å². The molecule has 0 aromatic carbocycles. The Morgan fingerprint density at radius 3 is 2.94 bits per heavy atom. The van der Waals surface area contributed by atoms with Crippen LogP contribution < -0.4 is 16.4 Å². The summed E-state index contributed by atoms with van der Waals surface area (Å²) in [6.07, 6.45) is 1.48. The number of hydrogen-bond acceptors (Lipinski definition) is 5. The van der Waals surface area contributed by atoms with Crippen molar-refractivity contribution in [2.75, 3.05) is 24.1 Å². The molecule has 96 valence electrons. The number of anilines is 2. The summed E-state index contributed by atoms with van der Waals surface area (Å²) < 4.78 is 0. The molecule has 0 spiro atoms. The van der Waals surface area contributed by atoms with E-state index in [2.05, 4.69) is 15.6 Å². The number of carbonyl (C=O) groups excluding carboxylic acids is 1. The lowest BCUT2D eigenvalue weighted by atomic mass is 10.2. The number of aromatic nitrogens is 1. The number of nitrogen functional groups attached to an aromatic ring is 1. The van der Waals surface area contributed by atoms with Gasteiger partial charge in [0.15, 0.2) is 5.82 Å². The number of rotatable bonds is 5. The standard InChI is InChI=1S/C12H17N5O/c1-8(2)6-16-10(18)7-17-12-11(14)9(5-13)3-4-15-12/h3-4,8H,6-7,14H2,1-2H3,(H,15,17)(H,16,18). The van der Waals surface area contributed by atoms with Crippen LogP contribution in [0.15, 0.2) is 12.3 Å². The average Bonchev–Trinajstić information content (AvgIpc) is 2.35. The van der Waals surface area contributed by atoms with Gasteiger partial charge in [0.1, 0.15) is 6.07 Å². The SMILES string of the molecule is CC(C)CNC(=O)CNc1nccc(C#N)c1N. The molecule has 0 aliphatic heterocycles. The fourth-order valence-electron chi connectivity index (χ4n) is 1.26. The van der Waals surface area contributed by atoms with Crippen LogP contribution >= 0.6 is 0 Å². The van der Waals surface area contributed by atoms with Crippen molar-refractivity contribution in [2.45, 2.75) is 13.8 Å². The molecule has 1 amide bonds. The first-order valence-electron chi connectivity index (χ1n) is 5.69. The topological polar surface area (TPSA) is 104 Å². The summed E-state index contributed by atoms with van der Waals surface area (Å²) in [6, 6.07) is 3.48. The summed E-state index contributed by atoms with van der Waals surface area (Å²) >= 11 is 0. The molecule has 1 heterocycles. The molecule has 6 nitrogen and oxygen atoms in total. The van der Waals surface area contributed by atoms with Gasteiger partial charge in [0.25, 0.3) is 0 Å². The largest absolute Gasteiger partial charge is 0.395 e. The van der Waals surface area contributed by atoms with E-state index in [1.165, 1.54) is 12.3 Å². The maximum atomic E-state index is 11.5. The van der Waals surface area contributed by atoms with E-state index >= 15 is 0 Å². The van der Waals surface area contributed by atoms with Crippen molar-refractivity contribution in [3.8, 4) is 6.07 Å². The number of nitrogens with zero attached hydrogens (tertiary/aromatic N) is 2. The number of nitriles is 1. The molecule has 0 fully saturated rings. The van der Waals surface area contributed by atoms with E-state index in [9.17, 15) is 4.79 Å². The van der Waals surface area contributed by atoms with E-state index in [0.717, 1.165) is 0 Å². The van der Waals surface area contributed by atoms with Crippen LogP contribution in [0.5, 0.6) is 0 Å². The Kier molecular flexibility index (Phi) is 4.93. The van der Waals surface area contributed by atoms with Crippen LogP contribution in [-0.4, -0.2) is 24.0 Å². The van der Waals surface area contributed by atoms with Crippen LogP contribution in [-0.2, 0) is 4.79 Å². The highest BCUT2D eigenvalue weighted by Gasteiger charge is 2.07. The molecule has 4 N–H and O–H groups in total. The zero-order valence-electron chi connectivity index (χ0n) is 10.5. The van der Waals surface area contributed by atoms with Gasteiger partial charge in [-0.25, -0.2) is 4.98 Å². The van der Waals surface area contributed by atoms with Gasteiger partial charge >= 0.3 is 0 Å². The Bertz CT molecular complexity index is 464. The van der Waals surface area contributed by atoms with Crippen molar-refractivity contribution in [1.29, 1.82) is 5.26 Å². The first-order valence-corrected chi connectivity index (χ1v) is 5.69. The zero-order chi connectivity index (χ0) is 13.5. The van der Waals surface area contributed by atoms with E-state index in [1.807, 2.05) is 19.9 Å².